The summed E-state index contributed by atoms with van der Waals surface area (Å²) < 4.78 is 18.5. The van der Waals surface area contributed by atoms with Gasteiger partial charge in [0.25, 0.3) is 0 Å². The van der Waals surface area contributed by atoms with Crippen molar-refractivity contribution in [2.45, 2.75) is 201 Å². The number of esters is 2. The molecule has 0 bridgehead atoms. The average Bonchev–Trinajstić information content (AvgIpc) is 3.36. The first-order valence-corrected chi connectivity index (χ1v) is 36.3. The average molecular weight is 1590 g/mol. The molecule has 4 rings (SSSR count). The monoisotopic (exact) mass is 1580 g/mol. The molecule has 0 atom stereocenters. The van der Waals surface area contributed by atoms with E-state index in [2.05, 4.69) is 181 Å². The quantitative estimate of drug-likeness (QED) is 0.0373. The third kappa shape index (κ3) is 36.2. The molecule has 84 heavy (non-hydrogen) atoms. The van der Waals surface area contributed by atoms with Gasteiger partial charge in [-0.3, -0.25) is 0 Å². The van der Waals surface area contributed by atoms with Crippen molar-refractivity contribution in [3.63, 3.8) is 0 Å². The first kappa shape index (κ1) is 97.6. The number of halogens is 7. The summed E-state index contributed by atoms with van der Waals surface area (Å²) in [5.74, 6) is -0.997. The van der Waals surface area contributed by atoms with Gasteiger partial charge in [0, 0.05) is 13.4 Å². The number of aliphatic hydroxyl groups is 4. The number of methoxy groups -OCH3 is 2. The fourth-order valence-corrected chi connectivity index (χ4v) is 13.6. The summed E-state index contributed by atoms with van der Waals surface area (Å²) in [4.78, 5) is 24.0. The van der Waals surface area contributed by atoms with E-state index in [0.717, 1.165) is 36.8 Å². The molecule has 9 nitrogen and oxygen atoms in total. The van der Waals surface area contributed by atoms with E-state index >= 15 is 0 Å². The molecule has 0 heterocycles. The van der Waals surface area contributed by atoms with Crippen LogP contribution in [0.2, 0.25) is 36.3 Å². The number of rotatable bonds is 16. The van der Waals surface area contributed by atoms with Crippen molar-refractivity contribution in [2.24, 2.45) is 0 Å². The number of hydrogen-bond donors (Lipinski definition) is 4. The Labute approximate surface area is 601 Å². The van der Waals surface area contributed by atoms with Gasteiger partial charge < -0.3 is 61.6 Å². The normalized spacial score (nSPS) is 11.3. The van der Waals surface area contributed by atoms with Crippen molar-refractivity contribution in [1.82, 2.24) is 0 Å². The molecule has 0 fully saturated rings. The van der Waals surface area contributed by atoms with Crippen LogP contribution >= 0.6 is 87.2 Å². The SMILES string of the molecule is C=CBr.C=Cc1cc(C(C)(C)O)cc(C(C)(C)O)c1.CC(C)(O)c1cc(Br)cc(C(C)(C)O)c1.CC[Si](CC)(CC)OC(C)(C)c1cc(Br)cc(C(C)(C)C)c1.CC[Si](Cl)(CC)CC.COC(=O)c1cc(Br)cc(C(=O)OC)c1.Cl.[Br-].[CH3-].[H-].[H-].[Mg+2].[Mg+2]. The molecule has 0 aliphatic carbocycles. The molecule has 0 aliphatic heterocycles. The molecule has 0 aromatic heterocycles. The first-order chi connectivity index (χ1) is 35.9. The van der Waals surface area contributed by atoms with Crippen LogP contribution in [0, 0.1) is 7.43 Å². The maximum atomic E-state index is 11.2. The van der Waals surface area contributed by atoms with Gasteiger partial charge >= 0.3 is 58.0 Å². The van der Waals surface area contributed by atoms with Crippen LogP contribution in [0.1, 0.15) is 194 Å². The van der Waals surface area contributed by atoms with Gasteiger partial charge in [-0.1, -0.05) is 163 Å². The standard InChI is InChI=1S/C19H33BrOSi.C14H20O2.C12H17BrO2.C10H9BrO4.C6H15ClSi.C2H3Br.CH3.BrH.ClH.2Mg.2H/c1-9-22(10-2,11-3)21-19(7,8)16-12-15(18(4,5)6)13-17(20)14-16;1-6-10-7-11(13(2,3)15)9-12(8-10)14(4,5)16;1-11(2,14)8-5-9(12(3,4)15)7-10(13)6-8;1-14-9(12)6-3-7(10(13)15-2)5-8(11)4-6;1-4-8(7,5-2)6-3;1-2-3;;;;;;;/h12-14H,9-11H2,1-8H3;6-9,15-16H,1H2,2-5H3;5-7,14-15H,1-4H3;3-5H,1-2H3;4-6H2,1-3H3;2H,1H2;1H3;2*1H;;;;/q;;;;;;-1;;;2*+2;2*-1/p-1. The maximum absolute atomic E-state index is 11.2. The Balaban J connectivity index is -0.000000122. The molecule has 4 N–H and O–H groups in total. The molecule has 474 valence electrons. The zero-order chi connectivity index (χ0) is 62.3. The minimum atomic E-state index is -1.63. The minimum Gasteiger partial charge on any atom is -1.00 e. The van der Waals surface area contributed by atoms with Gasteiger partial charge in [-0.05, 0) is 209 Å². The van der Waals surface area contributed by atoms with Crippen LogP contribution < -0.4 is 17.0 Å². The zero-order valence-corrected chi connectivity index (χ0v) is 69.0. The van der Waals surface area contributed by atoms with E-state index in [9.17, 15) is 30.0 Å². The van der Waals surface area contributed by atoms with Crippen LogP contribution in [0.3, 0.4) is 0 Å². The first-order valence-electron chi connectivity index (χ1n) is 26.8. The summed E-state index contributed by atoms with van der Waals surface area (Å²) in [6.07, 6.45) is 1.71. The third-order valence-corrected chi connectivity index (χ3v) is 25.8. The Kier molecular flexibility index (Phi) is 50.9. The fraction of sp³-hybridized carbons (Fsp3) is 0.516. The van der Waals surface area contributed by atoms with Crippen molar-refractivity contribution in [3.05, 3.63) is 162 Å². The number of benzene rings is 4. The van der Waals surface area contributed by atoms with E-state index < -0.39 is 50.0 Å². The van der Waals surface area contributed by atoms with Gasteiger partial charge in [0.2, 0.25) is 0 Å². The smallest absolute Gasteiger partial charge is 1.00 e. The molecule has 0 spiro atoms. The van der Waals surface area contributed by atoms with Gasteiger partial charge in [-0.2, -0.15) is 11.1 Å². The van der Waals surface area contributed by atoms with Crippen molar-refractivity contribution in [3.8, 4) is 0 Å². The molecule has 20 heteroatoms. The summed E-state index contributed by atoms with van der Waals surface area (Å²) in [5.41, 5.74) is 3.53. The number of hydrogen-bond acceptors (Lipinski definition) is 9. The summed E-state index contributed by atoms with van der Waals surface area (Å²) >= 11 is 19.4. The molecule has 0 amide bonds. The largest absolute Gasteiger partial charge is 2.00 e. The van der Waals surface area contributed by atoms with Crippen LogP contribution in [0.4, 0.5) is 0 Å². The van der Waals surface area contributed by atoms with Crippen molar-refractivity contribution < 1.29 is 63.7 Å². The van der Waals surface area contributed by atoms with Gasteiger partial charge in [-0.15, -0.1) is 12.4 Å². The predicted molar refractivity (Wildman–Crippen MR) is 382 cm³/mol. The van der Waals surface area contributed by atoms with E-state index in [1.54, 1.807) is 78.6 Å². The summed E-state index contributed by atoms with van der Waals surface area (Å²) in [6, 6.07) is 29.7. The predicted octanol–water partition coefficient (Wildman–Crippen LogP) is 16.8. The summed E-state index contributed by atoms with van der Waals surface area (Å²) in [5, 5.41) is 39.8. The Bertz CT molecular complexity index is 2450. The van der Waals surface area contributed by atoms with E-state index in [1.165, 1.54) is 67.7 Å². The van der Waals surface area contributed by atoms with Crippen LogP contribution in [0.15, 0.2) is 104 Å². The second-order valence-corrected chi connectivity index (χ2v) is 37.8. The maximum Gasteiger partial charge on any atom is 2.00 e. The number of carbonyl (C=O) groups excluding carboxylic acids is 2. The Morgan fingerprint density at radius 3 is 1.02 bits per heavy atom. The molecular formula is C64H103Br5Cl2Mg2O9Si2. The van der Waals surface area contributed by atoms with E-state index in [1.807, 2.05) is 36.4 Å². The van der Waals surface area contributed by atoms with Crippen molar-refractivity contribution in [2.75, 3.05) is 14.2 Å². The van der Waals surface area contributed by atoms with Crippen LogP contribution in [0.25, 0.3) is 6.08 Å². The molecule has 4 aromatic carbocycles. The van der Waals surface area contributed by atoms with Gasteiger partial charge in [0.15, 0.2) is 15.7 Å². The molecule has 0 aliphatic rings. The van der Waals surface area contributed by atoms with Crippen LogP contribution in [-0.2, 0) is 47.3 Å². The zero-order valence-electron chi connectivity index (χ0n) is 56.7. The number of ether oxygens (including phenoxy) is 2. The van der Waals surface area contributed by atoms with E-state index in [0.29, 0.717) is 15.6 Å². The molecule has 0 radical (unpaired) electrons. The molecular weight excluding hydrogens is 1490 g/mol. The molecule has 4 aromatic rings. The van der Waals surface area contributed by atoms with Crippen LogP contribution in [0.5, 0.6) is 0 Å². The van der Waals surface area contributed by atoms with E-state index in [-0.39, 0.29) is 96.8 Å². The number of carbonyl (C=O) groups is 2. The van der Waals surface area contributed by atoms with Gasteiger partial charge in [0.05, 0.1) is 53.4 Å². The van der Waals surface area contributed by atoms with E-state index in [4.69, 9.17) is 15.5 Å². The fourth-order valence-electron chi connectivity index (χ4n) is 7.52. The second kappa shape index (κ2) is 43.7. The Morgan fingerprint density at radius 2 is 0.786 bits per heavy atom. The van der Waals surface area contributed by atoms with Crippen molar-refractivity contribution in [1.29, 1.82) is 0 Å². The Morgan fingerprint density at radius 1 is 0.524 bits per heavy atom. The van der Waals surface area contributed by atoms with Gasteiger partial charge in [-0.25, -0.2) is 9.59 Å². The summed E-state index contributed by atoms with van der Waals surface area (Å²) in [6.45, 7) is 45.5. The van der Waals surface area contributed by atoms with Crippen LogP contribution in [-0.4, -0.2) is 108 Å². The van der Waals surface area contributed by atoms with Gasteiger partial charge in [0.1, 0.15) is 0 Å². The van der Waals surface area contributed by atoms with Crippen molar-refractivity contribution >= 4 is 167 Å². The molecule has 0 unspecified atom stereocenters. The minimum absolute atomic E-state index is 0. The second-order valence-electron chi connectivity index (χ2n) is 22.9. The topological polar surface area (TPSA) is 143 Å². The molecule has 0 saturated heterocycles. The molecule has 0 saturated carbocycles. The summed E-state index contributed by atoms with van der Waals surface area (Å²) in [7, 11) is -0.273. The Hall–Kier alpha value is 0.0462. The third-order valence-electron chi connectivity index (χ3n) is 13.4.